The Hall–Kier alpha value is -4.07. The number of nitrogens with one attached hydrogen (secondary N) is 1. The third-order valence-electron chi connectivity index (χ3n) is 4.61. The van der Waals surface area contributed by atoms with Crippen molar-refractivity contribution in [1.82, 2.24) is 14.4 Å². The first-order valence-electron chi connectivity index (χ1n) is 9.15. The SMILES string of the molecule is COc1cc(C(=O)Nc2ccccc2-c2cn3cccnc3n2)cc(OC)c1OC. The number of carbonyl (C=O) groups is 1. The molecule has 2 aromatic carbocycles. The van der Waals surface area contributed by atoms with Gasteiger partial charge in [-0.05, 0) is 24.3 Å². The Kier molecular flexibility index (Phi) is 5.21. The van der Waals surface area contributed by atoms with Crippen LogP contribution in [0.25, 0.3) is 17.0 Å². The number of para-hydroxylation sites is 1. The van der Waals surface area contributed by atoms with Crippen molar-refractivity contribution in [2.75, 3.05) is 26.6 Å². The highest BCUT2D eigenvalue weighted by Crippen LogP contribution is 2.38. The summed E-state index contributed by atoms with van der Waals surface area (Å²) in [5.74, 6) is 1.50. The number of aromatic nitrogens is 3. The van der Waals surface area contributed by atoms with E-state index in [0.717, 1.165) is 5.56 Å². The van der Waals surface area contributed by atoms with Crippen molar-refractivity contribution < 1.29 is 19.0 Å². The minimum atomic E-state index is -0.316. The highest BCUT2D eigenvalue weighted by atomic mass is 16.5. The number of anilines is 1. The largest absolute Gasteiger partial charge is 0.493 e. The van der Waals surface area contributed by atoms with Gasteiger partial charge >= 0.3 is 0 Å². The molecule has 0 atom stereocenters. The van der Waals surface area contributed by atoms with Crippen LogP contribution in [0.1, 0.15) is 10.4 Å². The van der Waals surface area contributed by atoms with Crippen molar-refractivity contribution in [2.45, 2.75) is 0 Å². The summed E-state index contributed by atoms with van der Waals surface area (Å²) in [6.45, 7) is 0. The van der Waals surface area contributed by atoms with Gasteiger partial charge in [-0.3, -0.25) is 9.20 Å². The van der Waals surface area contributed by atoms with E-state index in [9.17, 15) is 4.79 Å². The quantitative estimate of drug-likeness (QED) is 0.528. The number of hydrogen-bond donors (Lipinski definition) is 1. The Morgan fingerprint density at radius 3 is 2.40 bits per heavy atom. The van der Waals surface area contributed by atoms with Crippen LogP contribution in [0, 0.1) is 0 Å². The first-order valence-corrected chi connectivity index (χ1v) is 9.15. The highest BCUT2D eigenvalue weighted by Gasteiger charge is 2.18. The van der Waals surface area contributed by atoms with E-state index in [1.165, 1.54) is 21.3 Å². The Bertz CT molecular complexity index is 1160. The molecular weight excluding hydrogens is 384 g/mol. The van der Waals surface area contributed by atoms with Crippen LogP contribution >= 0.6 is 0 Å². The average molecular weight is 404 g/mol. The molecule has 4 aromatic rings. The van der Waals surface area contributed by atoms with E-state index in [4.69, 9.17) is 14.2 Å². The van der Waals surface area contributed by atoms with E-state index < -0.39 is 0 Å². The number of rotatable bonds is 6. The minimum Gasteiger partial charge on any atom is -0.493 e. The molecule has 0 radical (unpaired) electrons. The Morgan fingerprint density at radius 1 is 1.00 bits per heavy atom. The summed E-state index contributed by atoms with van der Waals surface area (Å²) in [5, 5.41) is 2.95. The van der Waals surface area contributed by atoms with Gasteiger partial charge in [0.1, 0.15) is 0 Å². The Balaban J connectivity index is 1.69. The summed E-state index contributed by atoms with van der Waals surface area (Å²) in [5.41, 5.74) is 2.48. The van der Waals surface area contributed by atoms with Gasteiger partial charge in [0, 0.05) is 29.7 Å². The molecule has 8 nitrogen and oxygen atoms in total. The molecule has 1 amide bonds. The Labute approximate surface area is 173 Å². The number of methoxy groups -OCH3 is 3. The normalized spacial score (nSPS) is 10.6. The molecule has 0 fully saturated rings. The molecule has 0 saturated carbocycles. The van der Waals surface area contributed by atoms with Crippen molar-refractivity contribution in [3.63, 3.8) is 0 Å². The van der Waals surface area contributed by atoms with Crippen molar-refractivity contribution in [3.05, 3.63) is 66.6 Å². The van der Waals surface area contributed by atoms with Crippen LogP contribution in [0.2, 0.25) is 0 Å². The fourth-order valence-electron chi connectivity index (χ4n) is 3.18. The van der Waals surface area contributed by atoms with E-state index in [-0.39, 0.29) is 5.91 Å². The first-order chi connectivity index (χ1) is 14.6. The summed E-state index contributed by atoms with van der Waals surface area (Å²) < 4.78 is 17.8. The van der Waals surface area contributed by atoms with Gasteiger partial charge < -0.3 is 19.5 Å². The number of benzene rings is 2. The Morgan fingerprint density at radius 2 is 1.73 bits per heavy atom. The first kappa shape index (κ1) is 19.3. The molecule has 152 valence electrons. The van der Waals surface area contributed by atoms with E-state index in [2.05, 4.69) is 15.3 Å². The van der Waals surface area contributed by atoms with Gasteiger partial charge in [-0.2, -0.15) is 0 Å². The molecule has 4 rings (SSSR count). The lowest BCUT2D eigenvalue weighted by Crippen LogP contribution is -2.13. The van der Waals surface area contributed by atoms with Crippen LogP contribution < -0.4 is 19.5 Å². The number of imidazole rings is 1. The number of fused-ring (bicyclic) bond motifs is 1. The monoisotopic (exact) mass is 404 g/mol. The fourth-order valence-corrected chi connectivity index (χ4v) is 3.18. The molecule has 0 aliphatic heterocycles. The molecule has 2 heterocycles. The van der Waals surface area contributed by atoms with Crippen LogP contribution in [0.3, 0.4) is 0 Å². The van der Waals surface area contributed by atoms with Gasteiger partial charge in [0.05, 0.1) is 32.7 Å². The fraction of sp³-hybridized carbons (Fsp3) is 0.136. The molecule has 0 spiro atoms. The lowest BCUT2D eigenvalue weighted by molar-refractivity contribution is 0.102. The van der Waals surface area contributed by atoms with E-state index in [1.807, 2.05) is 47.1 Å². The third-order valence-corrected chi connectivity index (χ3v) is 4.61. The predicted octanol–water partition coefficient (Wildman–Crippen LogP) is 3.67. The summed E-state index contributed by atoms with van der Waals surface area (Å²) in [4.78, 5) is 21.8. The molecular formula is C22H20N4O4. The van der Waals surface area contributed by atoms with Crippen molar-refractivity contribution >= 4 is 17.4 Å². The summed E-state index contributed by atoms with van der Waals surface area (Å²) in [6, 6.07) is 12.5. The zero-order valence-corrected chi connectivity index (χ0v) is 16.7. The molecule has 0 aliphatic carbocycles. The molecule has 0 bridgehead atoms. The second-order valence-electron chi connectivity index (χ2n) is 6.37. The van der Waals surface area contributed by atoms with Gasteiger partial charge in [-0.15, -0.1) is 0 Å². The van der Waals surface area contributed by atoms with Crippen LogP contribution in [-0.2, 0) is 0 Å². The topological polar surface area (TPSA) is 87.0 Å². The van der Waals surface area contributed by atoms with Crippen LogP contribution in [0.5, 0.6) is 17.2 Å². The molecule has 30 heavy (non-hydrogen) atoms. The second kappa shape index (κ2) is 8.12. The standard InChI is InChI=1S/C22H20N4O4/c1-28-18-11-14(12-19(29-2)20(18)30-3)21(27)24-16-8-5-4-7-15(16)17-13-26-10-6-9-23-22(26)25-17/h4-13H,1-3H3,(H,24,27). The minimum absolute atomic E-state index is 0.316. The zero-order valence-electron chi connectivity index (χ0n) is 16.7. The van der Waals surface area contributed by atoms with E-state index in [1.54, 1.807) is 18.3 Å². The molecule has 8 heteroatoms. The van der Waals surface area contributed by atoms with E-state index >= 15 is 0 Å². The van der Waals surface area contributed by atoms with Crippen molar-refractivity contribution in [3.8, 4) is 28.5 Å². The van der Waals surface area contributed by atoms with Crippen molar-refractivity contribution in [1.29, 1.82) is 0 Å². The van der Waals surface area contributed by atoms with E-state index in [0.29, 0.717) is 40.0 Å². The maximum absolute atomic E-state index is 13.0. The molecule has 2 aromatic heterocycles. The van der Waals surface area contributed by atoms with Gasteiger partial charge in [0.25, 0.3) is 5.91 Å². The number of hydrogen-bond acceptors (Lipinski definition) is 6. The smallest absolute Gasteiger partial charge is 0.255 e. The lowest BCUT2D eigenvalue weighted by Gasteiger charge is -2.15. The molecule has 1 N–H and O–H groups in total. The lowest BCUT2D eigenvalue weighted by atomic mass is 10.1. The zero-order chi connectivity index (χ0) is 21.1. The molecule has 0 aliphatic rings. The number of carbonyl (C=O) groups excluding carboxylic acids is 1. The predicted molar refractivity (Wildman–Crippen MR) is 112 cm³/mol. The third kappa shape index (κ3) is 3.50. The van der Waals surface area contributed by atoms with Crippen LogP contribution in [0.15, 0.2) is 61.1 Å². The molecule has 0 unspecified atom stereocenters. The van der Waals surface area contributed by atoms with Crippen LogP contribution in [-0.4, -0.2) is 41.6 Å². The maximum Gasteiger partial charge on any atom is 0.255 e. The van der Waals surface area contributed by atoms with Gasteiger partial charge in [0.2, 0.25) is 11.5 Å². The van der Waals surface area contributed by atoms with Gasteiger partial charge in [-0.25, -0.2) is 9.97 Å². The number of ether oxygens (including phenoxy) is 3. The number of nitrogens with zero attached hydrogens (tertiary/aromatic N) is 3. The average Bonchev–Trinajstić information content (AvgIpc) is 3.22. The van der Waals surface area contributed by atoms with Crippen LogP contribution in [0.4, 0.5) is 5.69 Å². The molecule has 0 saturated heterocycles. The highest BCUT2D eigenvalue weighted by molar-refractivity contribution is 6.07. The summed E-state index contributed by atoms with van der Waals surface area (Å²) in [7, 11) is 4.53. The van der Waals surface area contributed by atoms with Gasteiger partial charge in [-0.1, -0.05) is 18.2 Å². The summed E-state index contributed by atoms with van der Waals surface area (Å²) in [6.07, 6.45) is 5.42. The van der Waals surface area contributed by atoms with Gasteiger partial charge in [0.15, 0.2) is 11.5 Å². The van der Waals surface area contributed by atoms with Crippen molar-refractivity contribution in [2.24, 2.45) is 0 Å². The second-order valence-corrected chi connectivity index (χ2v) is 6.37. The maximum atomic E-state index is 13.0. The summed E-state index contributed by atoms with van der Waals surface area (Å²) >= 11 is 0. The number of amides is 1.